The maximum atomic E-state index is 11.5. The molecule has 0 bridgehead atoms. The minimum Gasteiger partial charge on any atom is -0.309 e. The summed E-state index contributed by atoms with van der Waals surface area (Å²) in [4.78, 5) is 0. The van der Waals surface area contributed by atoms with E-state index < -0.39 is 0 Å². The van der Waals surface area contributed by atoms with Crippen LogP contribution in [-0.2, 0) is 0 Å². The molecule has 71 heavy (non-hydrogen) atoms. The van der Waals surface area contributed by atoms with Crippen LogP contribution in [0.15, 0.2) is 200 Å². The van der Waals surface area contributed by atoms with Crippen molar-refractivity contribution in [2.45, 2.75) is 34.6 Å². The molecule has 0 saturated carbocycles. The fraction of sp³-hybridized carbons (Fsp3) is 0.0746. The Morgan fingerprint density at radius 1 is 0.268 bits per heavy atom. The molecule has 0 spiro atoms. The number of aromatic nitrogens is 2. The normalized spacial score (nSPS) is 11.4. The van der Waals surface area contributed by atoms with Crippen LogP contribution in [-0.4, -0.2) is 9.13 Å². The highest BCUT2D eigenvalue weighted by molar-refractivity contribution is 6.14. The lowest BCUT2D eigenvalue weighted by Crippen LogP contribution is -2.04. The highest BCUT2D eigenvalue weighted by Gasteiger charge is 2.24. The minimum absolute atomic E-state index is 0.515. The molecule has 0 aliphatic heterocycles. The molecule has 4 nitrogen and oxygen atoms in total. The third-order valence-electron chi connectivity index (χ3n) is 14.4. The first-order chi connectivity index (χ1) is 34.6. The molecule has 0 saturated heterocycles. The van der Waals surface area contributed by atoms with E-state index in [0.717, 1.165) is 116 Å². The molecule has 0 atom stereocenters. The van der Waals surface area contributed by atoms with Gasteiger partial charge in [-0.05, 0) is 151 Å². The van der Waals surface area contributed by atoms with E-state index in [0.29, 0.717) is 11.1 Å². The van der Waals surface area contributed by atoms with Crippen LogP contribution in [0.2, 0.25) is 0 Å². The molecule has 12 rings (SSSR count). The first-order valence-electron chi connectivity index (χ1n) is 24.2. The van der Waals surface area contributed by atoms with E-state index >= 15 is 0 Å². The predicted octanol–water partition coefficient (Wildman–Crippen LogP) is 17.5. The van der Waals surface area contributed by atoms with Gasteiger partial charge in [0.15, 0.2) is 0 Å². The van der Waals surface area contributed by atoms with Crippen molar-refractivity contribution in [1.29, 1.82) is 10.5 Å². The molecule has 0 radical (unpaired) electrons. The smallest absolute Gasteiger partial charge is 0.101 e. The summed E-state index contributed by atoms with van der Waals surface area (Å²) in [7, 11) is 0. The van der Waals surface area contributed by atoms with Crippen LogP contribution < -0.4 is 0 Å². The largest absolute Gasteiger partial charge is 0.309 e. The van der Waals surface area contributed by atoms with E-state index in [4.69, 9.17) is 0 Å². The molecular formula is C67H48N4. The third kappa shape index (κ3) is 7.46. The molecule has 12 aromatic rings. The monoisotopic (exact) mass is 908 g/mol. The zero-order chi connectivity index (χ0) is 48.5. The van der Waals surface area contributed by atoms with Gasteiger partial charge in [0.25, 0.3) is 0 Å². The Morgan fingerprint density at radius 2 is 0.577 bits per heavy atom. The Bertz CT molecular complexity index is 3980. The van der Waals surface area contributed by atoms with E-state index in [1.807, 2.05) is 19.1 Å². The van der Waals surface area contributed by atoms with Crippen LogP contribution >= 0.6 is 0 Å². The molecular weight excluding hydrogens is 861 g/mol. The molecule has 0 aliphatic rings. The van der Waals surface area contributed by atoms with Crippen LogP contribution in [0.5, 0.6) is 0 Å². The summed E-state index contributed by atoms with van der Waals surface area (Å²) in [5.41, 5.74) is 23.2. The summed E-state index contributed by atoms with van der Waals surface area (Å²) >= 11 is 0. The quantitative estimate of drug-likeness (QED) is 0.160. The Hall–Kier alpha value is -9.22. The second-order valence-electron chi connectivity index (χ2n) is 19.2. The van der Waals surface area contributed by atoms with E-state index in [1.165, 1.54) is 22.3 Å². The average molecular weight is 909 g/mol. The zero-order valence-electron chi connectivity index (χ0n) is 40.3. The molecule has 336 valence electrons. The molecule has 0 fully saturated rings. The van der Waals surface area contributed by atoms with Crippen molar-refractivity contribution >= 4 is 43.6 Å². The number of aryl methyl sites for hydroxylation is 5. The van der Waals surface area contributed by atoms with Gasteiger partial charge in [-0.3, -0.25) is 0 Å². The van der Waals surface area contributed by atoms with Gasteiger partial charge in [-0.15, -0.1) is 0 Å². The highest BCUT2D eigenvalue weighted by atomic mass is 15.0. The van der Waals surface area contributed by atoms with Crippen LogP contribution in [0.4, 0.5) is 0 Å². The molecule has 4 heteroatoms. The maximum absolute atomic E-state index is 11.5. The lowest BCUT2D eigenvalue weighted by molar-refractivity contribution is 1.13. The number of hydrogen-bond acceptors (Lipinski definition) is 2. The lowest BCUT2D eigenvalue weighted by Gasteiger charge is -2.20. The molecule has 10 aromatic carbocycles. The number of hydrogen-bond donors (Lipinski definition) is 0. The summed E-state index contributed by atoms with van der Waals surface area (Å²) in [6.45, 7) is 10.5. The van der Waals surface area contributed by atoms with Crippen LogP contribution in [0.25, 0.3) is 111 Å². The summed E-state index contributed by atoms with van der Waals surface area (Å²) < 4.78 is 4.55. The van der Waals surface area contributed by atoms with Crippen molar-refractivity contribution in [3.05, 3.63) is 239 Å². The minimum atomic E-state index is 0.515. The fourth-order valence-electron chi connectivity index (χ4n) is 10.5. The Morgan fingerprint density at radius 3 is 0.915 bits per heavy atom. The van der Waals surface area contributed by atoms with Gasteiger partial charge in [0.1, 0.15) is 6.07 Å². The molecule has 2 aromatic heterocycles. The number of nitrogens with zero attached hydrogens (tertiary/aromatic N) is 4. The van der Waals surface area contributed by atoms with Crippen LogP contribution in [0.3, 0.4) is 0 Å². The van der Waals surface area contributed by atoms with E-state index in [1.54, 1.807) is 0 Å². The van der Waals surface area contributed by atoms with E-state index in [9.17, 15) is 10.5 Å². The second-order valence-corrected chi connectivity index (χ2v) is 19.2. The number of rotatable bonds is 7. The molecule has 2 heterocycles. The standard InChI is InChI=1S/C67H48N4/c1-41-6-15-46(16-7-41)50-23-28-62-57(33-50)58-34-51(47-17-8-42(2)9-18-47)24-29-63(58)70(62)66-38-61(56-27-14-45(5)32-54(56)39-68)67(37-55(66)40-69)71-64-30-25-52(48-19-10-43(3)11-20-48)35-59(64)60-36-53(26-31-65(60)71)49-21-12-44(4)13-22-49/h6-38H,1-5H3. The van der Waals surface area contributed by atoms with Gasteiger partial charge < -0.3 is 9.13 Å². The van der Waals surface area contributed by atoms with Crippen molar-refractivity contribution in [2.24, 2.45) is 0 Å². The first kappa shape index (κ1) is 43.1. The van der Waals surface area contributed by atoms with Crippen molar-refractivity contribution in [3.8, 4) is 79.1 Å². The van der Waals surface area contributed by atoms with E-state index in [-0.39, 0.29) is 0 Å². The molecule has 0 unspecified atom stereocenters. The third-order valence-corrected chi connectivity index (χ3v) is 14.4. The van der Waals surface area contributed by atoms with Gasteiger partial charge >= 0.3 is 0 Å². The zero-order valence-corrected chi connectivity index (χ0v) is 40.3. The molecule has 0 amide bonds. The summed E-state index contributed by atoms with van der Waals surface area (Å²) in [5.74, 6) is 0. The summed E-state index contributed by atoms with van der Waals surface area (Å²) in [6.07, 6.45) is 0. The second kappa shape index (κ2) is 17.1. The van der Waals surface area contributed by atoms with Crippen LogP contribution in [0.1, 0.15) is 38.9 Å². The lowest BCUT2D eigenvalue weighted by atomic mass is 9.94. The SMILES string of the molecule is Cc1ccc(-c2ccc3c(c2)c2cc(-c4ccc(C)cc4)ccc2n3-c2cc(-c3ccc(C)cc3C#N)c(-n3c4ccc(-c5ccc(C)cc5)cc4c4cc(-c5ccc(C)cc5)ccc43)cc2C#N)cc1. The van der Waals surface area contributed by atoms with E-state index in [2.05, 4.69) is 237 Å². The van der Waals surface area contributed by atoms with Gasteiger partial charge in [0.2, 0.25) is 0 Å². The molecule has 0 aliphatic carbocycles. The average Bonchev–Trinajstić information content (AvgIpc) is 3.90. The number of fused-ring (bicyclic) bond motifs is 6. The van der Waals surface area contributed by atoms with Crippen LogP contribution in [0, 0.1) is 57.3 Å². The van der Waals surface area contributed by atoms with Gasteiger partial charge in [0, 0.05) is 32.7 Å². The van der Waals surface area contributed by atoms with Gasteiger partial charge in [-0.1, -0.05) is 156 Å². The van der Waals surface area contributed by atoms with Gasteiger partial charge in [0.05, 0.1) is 50.6 Å². The number of nitriles is 2. The highest BCUT2D eigenvalue weighted by Crippen LogP contribution is 2.44. The summed E-state index contributed by atoms with van der Waals surface area (Å²) in [5, 5.41) is 26.7. The summed E-state index contributed by atoms with van der Waals surface area (Å²) in [6, 6.07) is 77.1. The Labute approximate surface area is 414 Å². The van der Waals surface area contributed by atoms with Crippen molar-refractivity contribution in [1.82, 2.24) is 9.13 Å². The van der Waals surface area contributed by atoms with Gasteiger partial charge in [-0.25, -0.2) is 0 Å². The van der Waals surface area contributed by atoms with Crippen molar-refractivity contribution in [3.63, 3.8) is 0 Å². The Kier molecular flexibility index (Phi) is 10.4. The fourth-order valence-corrected chi connectivity index (χ4v) is 10.5. The van der Waals surface area contributed by atoms with Gasteiger partial charge in [-0.2, -0.15) is 10.5 Å². The maximum Gasteiger partial charge on any atom is 0.101 e. The Balaban J connectivity index is 1.16. The first-order valence-corrected chi connectivity index (χ1v) is 24.2. The topological polar surface area (TPSA) is 57.4 Å². The molecule has 0 N–H and O–H groups in total. The van der Waals surface area contributed by atoms with Crippen molar-refractivity contribution in [2.75, 3.05) is 0 Å². The number of benzene rings is 10. The predicted molar refractivity (Wildman–Crippen MR) is 295 cm³/mol. The van der Waals surface area contributed by atoms with Crippen molar-refractivity contribution < 1.29 is 0 Å².